The molecule has 0 radical (unpaired) electrons. The van der Waals surface area contributed by atoms with Gasteiger partial charge in [0.2, 0.25) is 11.8 Å². The number of aryl methyl sites for hydroxylation is 1. The molecule has 1 amide bonds. The van der Waals surface area contributed by atoms with Crippen LogP contribution in [0.4, 0.5) is 0 Å². The lowest BCUT2D eigenvalue weighted by molar-refractivity contribution is -0.149. The Morgan fingerprint density at radius 3 is 2.81 bits per heavy atom. The number of carboxylic acids is 1. The van der Waals surface area contributed by atoms with Crippen LogP contribution in [0.3, 0.4) is 0 Å². The number of carbonyl (C=O) groups excluding carboxylic acids is 1. The van der Waals surface area contributed by atoms with Crippen LogP contribution in [-0.2, 0) is 29.0 Å². The predicted molar refractivity (Wildman–Crippen MR) is 138 cm³/mol. The van der Waals surface area contributed by atoms with E-state index in [9.17, 15) is 14.7 Å². The Morgan fingerprint density at radius 1 is 1.28 bits per heavy atom. The van der Waals surface area contributed by atoms with E-state index in [-0.39, 0.29) is 12.5 Å². The molecule has 36 heavy (non-hydrogen) atoms. The molecule has 0 saturated heterocycles. The van der Waals surface area contributed by atoms with Gasteiger partial charge in [0.25, 0.3) is 0 Å². The minimum absolute atomic E-state index is 0.248. The van der Waals surface area contributed by atoms with Crippen LogP contribution in [0.5, 0.6) is 5.75 Å². The molecule has 1 saturated carbocycles. The molecule has 0 spiro atoms. The average molecular weight is 493 g/mol. The van der Waals surface area contributed by atoms with E-state index in [1.165, 1.54) is 11.0 Å². The number of ether oxygens (including phenoxy) is 1. The van der Waals surface area contributed by atoms with Gasteiger partial charge in [-0.3, -0.25) is 4.79 Å². The first kappa shape index (κ1) is 25.7. The topological polar surface area (TPSA) is 92.9 Å². The first-order valence-electron chi connectivity index (χ1n) is 12.9. The lowest BCUT2D eigenvalue weighted by atomic mass is 9.93. The molecular formula is C29H36N2O5. The van der Waals surface area contributed by atoms with Gasteiger partial charge in [0, 0.05) is 19.4 Å². The molecule has 192 valence electrons. The molecule has 4 rings (SSSR count). The van der Waals surface area contributed by atoms with Crippen molar-refractivity contribution in [1.29, 1.82) is 0 Å². The molecule has 1 N–H and O–H groups in total. The van der Waals surface area contributed by atoms with E-state index >= 15 is 0 Å². The Hall–Kier alpha value is -3.35. The first-order chi connectivity index (χ1) is 17.3. The van der Waals surface area contributed by atoms with E-state index < -0.39 is 12.0 Å². The lowest BCUT2D eigenvalue weighted by Crippen LogP contribution is -2.48. The van der Waals surface area contributed by atoms with E-state index in [2.05, 4.69) is 24.9 Å². The number of benzene rings is 1. The zero-order valence-electron chi connectivity index (χ0n) is 21.4. The highest BCUT2D eigenvalue weighted by atomic mass is 16.5. The third kappa shape index (κ3) is 6.86. The molecule has 2 heterocycles. The second-order valence-electron chi connectivity index (χ2n) is 10.2. The van der Waals surface area contributed by atoms with Gasteiger partial charge in [-0.2, -0.15) is 0 Å². The summed E-state index contributed by atoms with van der Waals surface area (Å²) >= 11 is 0. The molecule has 1 aliphatic heterocycles. The van der Waals surface area contributed by atoms with Crippen LogP contribution < -0.4 is 4.74 Å². The van der Waals surface area contributed by atoms with Gasteiger partial charge in [0.05, 0.1) is 12.3 Å². The highest BCUT2D eigenvalue weighted by Crippen LogP contribution is 2.31. The minimum Gasteiger partial charge on any atom is -0.493 e. The number of nitrogens with zero attached hydrogens (tertiary/aromatic N) is 2. The maximum Gasteiger partial charge on any atom is 0.326 e. The van der Waals surface area contributed by atoms with Crippen LogP contribution in [0.1, 0.15) is 68.0 Å². The Bertz CT molecular complexity index is 1140. The van der Waals surface area contributed by atoms with E-state index in [4.69, 9.17) is 9.15 Å². The Labute approximate surface area is 212 Å². The number of allylic oxidation sites excluding steroid dienone is 2. The molecule has 1 aromatic carbocycles. The third-order valence-electron chi connectivity index (χ3n) is 6.70. The fraction of sp³-hybridized carbons (Fsp3) is 0.483. The second-order valence-corrected chi connectivity index (χ2v) is 10.2. The number of oxazole rings is 1. The second kappa shape index (κ2) is 11.6. The standard InChI is InChI=1S/C29H36N2O5/c1-19(2)6-4-5-7-27-30-25(20(3)36-27)14-15-35-24-12-11-22-17-26(29(33)34)31(18-23(22)16-24)28(32)13-10-21-8-9-21/h5,7,10-13,16,19,21,26H,4,6,8-9,14-15,17-18H2,1-3H3,(H,33,34)/b7-5+,13-10+/t26-/m0/s1. The van der Waals surface area contributed by atoms with Crippen LogP contribution in [0.15, 0.2) is 40.8 Å². The molecule has 1 fully saturated rings. The van der Waals surface area contributed by atoms with Crippen molar-refractivity contribution in [2.45, 2.75) is 71.9 Å². The number of rotatable bonds is 11. The van der Waals surface area contributed by atoms with Gasteiger partial charge in [-0.25, -0.2) is 9.78 Å². The number of fused-ring (bicyclic) bond motifs is 1. The first-order valence-corrected chi connectivity index (χ1v) is 12.9. The number of carbonyl (C=O) groups is 2. The maximum absolute atomic E-state index is 12.7. The summed E-state index contributed by atoms with van der Waals surface area (Å²) in [4.78, 5) is 30.6. The number of amides is 1. The molecule has 0 bridgehead atoms. The summed E-state index contributed by atoms with van der Waals surface area (Å²) in [5.41, 5.74) is 2.73. The van der Waals surface area contributed by atoms with Crippen LogP contribution in [0.25, 0.3) is 6.08 Å². The Morgan fingerprint density at radius 2 is 2.08 bits per heavy atom. The summed E-state index contributed by atoms with van der Waals surface area (Å²) in [7, 11) is 0. The lowest BCUT2D eigenvalue weighted by Gasteiger charge is -2.34. The SMILES string of the molecule is Cc1oc(/C=C/CCC(C)C)nc1CCOc1ccc2c(c1)CN(C(=O)/C=C/C1CC1)[C@H](C(=O)O)C2. The summed E-state index contributed by atoms with van der Waals surface area (Å²) < 4.78 is 11.7. The molecule has 7 nitrogen and oxygen atoms in total. The minimum atomic E-state index is -0.980. The largest absolute Gasteiger partial charge is 0.493 e. The zero-order valence-corrected chi connectivity index (χ0v) is 21.4. The Kier molecular flexibility index (Phi) is 8.28. The molecule has 1 atom stereocenters. The average Bonchev–Trinajstić information content (AvgIpc) is 3.61. The van der Waals surface area contributed by atoms with Gasteiger partial charge >= 0.3 is 5.97 Å². The highest BCUT2D eigenvalue weighted by molar-refractivity contribution is 5.91. The quantitative estimate of drug-likeness (QED) is 0.425. The number of carboxylic acid groups (broad SMARTS) is 1. The maximum atomic E-state index is 12.7. The van der Waals surface area contributed by atoms with E-state index in [0.29, 0.717) is 42.9 Å². The summed E-state index contributed by atoms with van der Waals surface area (Å²) in [6, 6.07) is 4.82. The zero-order chi connectivity index (χ0) is 25.7. The highest BCUT2D eigenvalue weighted by Gasteiger charge is 2.34. The fourth-order valence-electron chi connectivity index (χ4n) is 4.34. The number of aliphatic carboxylic acids is 1. The summed E-state index contributed by atoms with van der Waals surface area (Å²) in [5.74, 6) is 2.00. The smallest absolute Gasteiger partial charge is 0.326 e. The molecule has 1 aliphatic carbocycles. The Balaban J connectivity index is 1.35. The number of hydrogen-bond acceptors (Lipinski definition) is 5. The van der Waals surface area contributed by atoms with Crippen molar-refractivity contribution in [3.8, 4) is 5.75 Å². The van der Waals surface area contributed by atoms with E-state index in [1.54, 1.807) is 0 Å². The van der Waals surface area contributed by atoms with Crippen LogP contribution >= 0.6 is 0 Å². The van der Waals surface area contributed by atoms with Crippen LogP contribution in [0.2, 0.25) is 0 Å². The number of hydrogen-bond donors (Lipinski definition) is 1. The van der Waals surface area contributed by atoms with E-state index in [0.717, 1.165) is 48.3 Å². The molecule has 2 aromatic rings. The monoisotopic (exact) mass is 492 g/mol. The van der Waals surface area contributed by atoms with Crippen molar-refractivity contribution in [3.05, 3.63) is 64.9 Å². The van der Waals surface area contributed by atoms with Gasteiger partial charge in [-0.1, -0.05) is 32.1 Å². The van der Waals surface area contributed by atoms with Crippen molar-refractivity contribution in [1.82, 2.24) is 9.88 Å². The van der Waals surface area contributed by atoms with Crippen molar-refractivity contribution in [2.75, 3.05) is 6.61 Å². The van der Waals surface area contributed by atoms with Crippen LogP contribution in [-0.4, -0.2) is 39.5 Å². The predicted octanol–water partition coefficient (Wildman–Crippen LogP) is 5.36. The normalized spacial score (nSPS) is 17.8. The van der Waals surface area contributed by atoms with Crippen molar-refractivity contribution < 1.29 is 23.8 Å². The molecular weight excluding hydrogens is 456 g/mol. The molecule has 1 aromatic heterocycles. The fourth-order valence-corrected chi connectivity index (χ4v) is 4.34. The summed E-state index contributed by atoms with van der Waals surface area (Å²) in [6.45, 7) is 7.02. The van der Waals surface area contributed by atoms with Crippen molar-refractivity contribution >= 4 is 18.0 Å². The van der Waals surface area contributed by atoms with Crippen LogP contribution in [0, 0.1) is 18.8 Å². The summed E-state index contributed by atoms with van der Waals surface area (Å²) in [5, 5.41) is 9.70. The number of aromatic nitrogens is 1. The van der Waals surface area contributed by atoms with Crippen molar-refractivity contribution in [2.24, 2.45) is 11.8 Å². The van der Waals surface area contributed by atoms with E-state index in [1.807, 2.05) is 37.3 Å². The molecule has 7 heteroatoms. The molecule has 2 aliphatic rings. The van der Waals surface area contributed by atoms with Gasteiger partial charge in [0.1, 0.15) is 17.6 Å². The van der Waals surface area contributed by atoms with Gasteiger partial charge in [-0.05, 0) is 79.9 Å². The van der Waals surface area contributed by atoms with Gasteiger partial charge < -0.3 is 19.2 Å². The third-order valence-corrected chi connectivity index (χ3v) is 6.70. The van der Waals surface area contributed by atoms with Gasteiger partial charge in [-0.15, -0.1) is 0 Å². The van der Waals surface area contributed by atoms with Gasteiger partial charge in [0.15, 0.2) is 0 Å². The summed E-state index contributed by atoms with van der Waals surface area (Å²) in [6.07, 6.45) is 12.7. The molecule has 0 unspecified atom stereocenters. The van der Waals surface area contributed by atoms with Crippen molar-refractivity contribution in [3.63, 3.8) is 0 Å².